The Morgan fingerprint density at radius 2 is 1.84 bits per heavy atom. The largest absolute Gasteiger partial charge is 0.308 e. The number of hydrogen-bond acceptors (Lipinski definition) is 2. The Bertz CT molecular complexity index is 235. The number of rotatable bonds is 8. The molecule has 2 nitrogen and oxygen atoms in total. The second kappa shape index (κ2) is 8.26. The Morgan fingerprint density at radius 1 is 1.16 bits per heavy atom. The molecule has 2 heteroatoms. The topological polar surface area (TPSA) is 15.3 Å². The van der Waals surface area contributed by atoms with Crippen molar-refractivity contribution < 1.29 is 0 Å². The first-order valence-corrected chi connectivity index (χ1v) is 8.59. The summed E-state index contributed by atoms with van der Waals surface area (Å²) >= 11 is 0. The van der Waals surface area contributed by atoms with Crippen molar-refractivity contribution in [1.82, 2.24) is 10.2 Å². The highest BCUT2D eigenvalue weighted by Crippen LogP contribution is 2.25. The Kier molecular flexibility index (Phi) is 7.38. The third-order valence-corrected chi connectivity index (χ3v) is 5.04. The van der Waals surface area contributed by atoms with E-state index in [1.54, 1.807) is 0 Å². The third kappa shape index (κ3) is 4.75. The van der Waals surface area contributed by atoms with Crippen molar-refractivity contribution in [3.63, 3.8) is 0 Å². The van der Waals surface area contributed by atoms with Gasteiger partial charge in [-0.3, -0.25) is 4.90 Å². The SMILES string of the molecule is CCCC(C)CN1CC(CC)(CC)NCC1CCC. The molecule has 0 aromatic rings. The number of nitrogens with zero attached hydrogens (tertiary/aromatic N) is 1. The van der Waals surface area contributed by atoms with Crippen LogP contribution in [-0.2, 0) is 0 Å². The summed E-state index contributed by atoms with van der Waals surface area (Å²) in [6.45, 7) is 15.5. The molecule has 2 unspecified atom stereocenters. The smallest absolute Gasteiger partial charge is 0.0304 e. The monoisotopic (exact) mass is 268 g/mol. The molecule has 0 aliphatic carbocycles. The summed E-state index contributed by atoms with van der Waals surface area (Å²) in [5.74, 6) is 0.842. The van der Waals surface area contributed by atoms with Crippen LogP contribution in [0, 0.1) is 5.92 Å². The van der Waals surface area contributed by atoms with Gasteiger partial charge >= 0.3 is 0 Å². The first-order chi connectivity index (χ1) is 9.10. The van der Waals surface area contributed by atoms with Crippen LogP contribution in [0.25, 0.3) is 0 Å². The summed E-state index contributed by atoms with van der Waals surface area (Å²) in [5, 5.41) is 3.86. The lowest BCUT2D eigenvalue weighted by atomic mass is 9.87. The van der Waals surface area contributed by atoms with E-state index >= 15 is 0 Å². The molecule has 1 fully saturated rings. The summed E-state index contributed by atoms with van der Waals surface area (Å²) < 4.78 is 0. The quantitative estimate of drug-likeness (QED) is 0.714. The Labute approximate surface area is 121 Å². The van der Waals surface area contributed by atoms with Gasteiger partial charge in [-0.2, -0.15) is 0 Å². The molecular formula is C17H36N2. The van der Waals surface area contributed by atoms with Crippen LogP contribution in [0.15, 0.2) is 0 Å². The van der Waals surface area contributed by atoms with E-state index in [-0.39, 0.29) is 0 Å². The van der Waals surface area contributed by atoms with Gasteiger partial charge in [0, 0.05) is 31.2 Å². The Balaban J connectivity index is 2.67. The molecular weight excluding hydrogens is 232 g/mol. The highest BCUT2D eigenvalue weighted by atomic mass is 15.3. The van der Waals surface area contributed by atoms with Crippen molar-refractivity contribution in [2.24, 2.45) is 5.92 Å². The summed E-state index contributed by atoms with van der Waals surface area (Å²) in [7, 11) is 0. The minimum absolute atomic E-state index is 0.371. The molecule has 1 aliphatic rings. The van der Waals surface area contributed by atoms with Crippen LogP contribution in [0.2, 0.25) is 0 Å². The van der Waals surface area contributed by atoms with E-state index in [1.807, 2.05) is 0 Å². The maximum Gasteiger partial charge on any atom is 0.0304 e. The van der Waals surface area contributed by atoms with Crippen molar-refractivity contribution in [2.75, 3.05) is 19.6 Å². The van der Waals surface area contributed by atoms with Crippen molar-refractivity contribution >= 4 is 0 Å². The molecule has 2 atom stereocenters. The van der Waals surface area contributed by atoms with Gasteiger partial charge in [0.2, 0.25) is 0 Å². The molecule has 0 saturated carbocycles. The van der Waals surface area contributed by atoms with Crippen LogP contribution in [0.3, 0.4) is 0 Å². The highest BCUT2D eigenvalue weighted by Gasteiger charge is 2.36. The fourth-order valence-corrected chi connectivity index (χ4v) is 3.58. The van der Waals surface area contributed by atoms with E-state index in [1.165, 1.54) is 58.2 Å². The van der Waals surface area contributed by atoms with Crippen LogP contribution in [-0.4, -0.2) is 36.1 Å². The van der Waals surface area contributed by atoms with Crippen molar-refractivity contribution in [3.05, 3.63) is 0 Å². The molecule has 1 heterocycles. The lowest BCUT2D eigenvalue weighted by molar-refractivity contribution is 0.0556. The molecule has 19 heavy (non-hydrogen) atoms. The highest BCUT2D eigenvalue weighted by molar-refractivity contribution is 4.96. The fourth-order valence-electron chi connectivity index (χ4n) is 3.58. The van der Waals surface area contributed by atoms with E-state index in [9.17, 15) is 0 Å². The van der Waals surface area contributed by atoms with E-state index in [0.717, 1.165) is 12.0 Å². The predicted molar refractivity (Wildman–Crippen MR) is 85.7 cm³/mol. The van der Waals surface area contributed by atoms with Crippen LogP contribution in [0.4, 0.5) is 0 Å². The van der Waals surface area contributed by atoms with Gasteiger partial charge < -0.3 is 5.32 Å². The minimum Gasteiger partial charge on any atom is -0.308 e. The molecule has 0 radical (unpaired) electrons. The molecule has 0 spiro atoms. The standard InChI is InChI=1S/C17H36N2/c1-6-10-15(5)13-19-14-17(8-3,9-4)18-12-16(19)11-7-2/h15-16,18H,6-14H2,1-5H3. The minimum atomic E-state index is 0.371. The molecule has 0 aromatic heterocycles. The molecule has 1 saturated heterocycles. The summed E-state index contributed by atoms with van der Waals surface area (Å²) in [4.78, 5) is 2.80. The first kappa shape index (κ1) is 17.0. The zero-order chi connectivity index (χ0) is 14.3. The van der Waals surface area contributed by atoms with E-state index in [4.69, 9.17) is 0 Å². The lowest BCUT2D eigenvalue weighted by Crippen LogP contribution is -2.64. The molecule has 1 rings (SSSR count). The van der Waals surface area contributed by atoms with Crippen LogP contribution >= 0.6 is 0 Å². The molecule has 114 valence electrons. The van der Waals surface area contributed by atoms with Crippen molar-refractivity contribution in [1.29, 1.82) is 0 Å². The summed E-state index contributed by atoms with van der Waals surface area (Å²) in [5.41, 5.74) is 0.371. The van der Waals surface area contributed by atoms with Crippen molar-refractivity contribution in [2.45, 2.75) is 84.7 Å². The summed E-state index contributed by atoms with van der Waals surface area (Å²) in [6.07, 6.45) is 7.83. The Hall–Kier alpha value is -0.0800. The van der Waals surface area contributed by atoms with Gasteiger partial charge in [-0.25, -0.2) is 0 Å². The number of hydrogen-bond donors (Lipinski definition) is 1. The Morgan fingerprint density at radius 3 is 2.37 bits per heavy atom. The number of piperazine rings is 1. The average molecular weight is 268 g/mol. The molecule has 0 aromatic carbocycles. The normalized spacial score (nSPS) is 25.4. The fraction of sp³-hybridized carbons (Fsp3) is 1.00. The van der Waals surface area contributed by atoms with Gasteiger partial charge in [-0.05, 0) is 31.6 Å². The summed E-state index contributed by atoms with van der Waals surface area (Å²) in [6, 6.07) is 0.760. The van der Waals surface area contributed by atoms with Gasteiger partial charge in [0.05, 0.1) is 0 Å². The van der Waals surface area contributed by atoms with Crippen LogP contribution in [0.1, 0.15) is 73.1 Å². The lowest BCUT2D eigenvalue weighted by Gasteiger charge is -2.48. The number of nitrogens with one attached hydrogen (secondary N) is 1. The van der Waals surface area contributed by atoms with Crippen LogP contribution < -0.4 is 5.32 Å². The maximum atomic E-state index is 3.86. The van der Waals surface area contributed by atoms with Crippen molar-refractivity contribution in [3.8, 4) is 0 Å². The zero-order valence-corrected chi connectivity index (χ0v) is 14.0. The zero-order valence-electron chi connectivity index (χ0n) is 14.0. The van der Waals surface area contributed by atoms with Gasteiger partial charge in [0.25, 0.3) is 0 Å². The van der Waals surface area contributed by atoms with Crippen LogP contribution in [0.5, 0.6) is 0 Å². The third-order valence-electron chi connectivity index (χ3n) is 5.04. The van der Waals surface area contributed by atoms with E-state index in [2.05, 4.69) is 44.8 Å². The second-order valence-electron chi connectivity index (χ2n) is 6.63. The van der Waals surface area contributed by atoms with Gasteiger partial charge in [-0.1, -0.05) is 47.5 Å². The molecule has 0 bridgehead atoms. The second-order valence-corrected chi connectivity index (χ2v) is 6.63. The van der Waals surface area contributed by atoms with E-state index in [0.29, 0.717) is 5.54 Å². The average Bonchev–Trinajstić information content (AvgIpc) is 2.41. The molecule has 1 N–H and O–H groups in total. The van der Waals surface area contributed by atoms with E-state index < -0.39 is 0 Å². The predicted octanol–water partition coefficient (Wildman–Crippen LogP) is 4.06. The molecule has 0 amide bonds. The molecule has 1 aliphatic heterocycles. The maximum absolute atomic E-state index is 3.86. The first-order valence-electron chi connectivity index (χ1n) is 8.59. The van der Waals surface area contributed by atoms with Gasteiger partial charge in [-0.15, -0.1) is 0 Å². The van der Waals surface area contributed by atoms with Gasteiger partial charge in [0.1, 0.15) is 0 Å². The van der Waals surface area contributed by atoms with Gasteiger partial charge in [0.15, 0.2) is 0 Å².